The van der Waals surface area contributed by atoms with Gasteiger partial charge in [0, 0.05) is 23.4 Å². The lowest BCUT2D eigenvalue weighted by molar-refractivity contribution is 0.206. The van der Waals surface area contributed by atoms with E-state index in [9.17, 15) is 0 Å². The highest BCUT2D eigenvalue weighted by Gasteiger charge is 2.39. The number of aromatic nitrogens is 2. The number of hydrogen-bond donors (Lipinski definition) is 0. The first-order chi connectivity index (χ1) is 12.9. The van der Waals surface area contributed by atoms with Gasteiger partial charge in [0.15, 0.2) is 0 Å². The van der Waals surface area contributed by atoms with Gasteiger partial charge in [0.1, 0.15) is 17.8 Å². The van der Waals surface area contributed by atoms with Gasteiger partial charge in [-0.3, -0.25) is 4.98 Å². The van der Waals surface area contributed by atoms with Crippen LogP contribution in [0.25, 0.3) is 21.8 Å². The SMILES string of the molecule is c1ccc2c(c1)CC1OC(c3ccc4ccc5cccnc5c4n3)=NC21. The summed E-state index contributed by atoms with van der Waals surface area (Å²) in [5, 5.41) is 2.16. The van der Waals surface area contributed by atoms with E-state index in [-0.39, 0.29) is 12.1 Å². The number of aliphatic imine (C=N–C) groups is 1. The van der Waals surface area contributed by atoms with Gasteiger partial charge in [-0.25, -0.2) is 9.98 Å². The highest BCUT2D eigenvalue weighted by Crippen LogP contribution is 2.40. The van der Waals surface area contributed by atoms with Crippen molar-refractivity contribution in [3.63, 3.8) is 0 Å². The highest BCUT2D eigenvalue weighted by atomic mass is 16.5. The molecular weight excluding hydrogens is 322 g/mol. The molecule has 0 N–H and O–H groups in total. The number of hydrogen-bond acceptors (Lipinski definition) is 4. The number of fused-ring (bicyclic) bond motifs is 6. The van der Waals surface area contributed by atoms with E-state index in [4.69, 9.17) is 14.7 Å². The molecule has 4 heteroatoms. The van der Waals surface area contributed by atoms with Gasteiger partial charge in [0.25, 0.3) is 0 Å². The quantitative estimate of drug-likeness (QED) is 0.489. The van der Waals surface area contributed by atoms with Crippen molar-refractivity contribution in [1.82, 2.24) is 9.97 Å². The van der Waals surface area contributed by atoms with E-state index in [0.717, 1.165) is 33.9 Å². The molecule has 124 valence electrons. The maximum absolute atomic E-state index is 6.18. The van der Waals surface area contributed by atoms with Crippen LogP contribution in [0.2, 0.25) is 0 Å². The maximum atomic E-state index is 6.18. The molecule has 26 heavy (non-hydrogen) atoms. The monoisotopic (exact) mass is 337 g/mol. The highest BCUT2D eigenvalue weighted by molar-refractivity contribution is 6.04. The van der Waals surface area contributed by atoms with Crippen molar-refractivity contribution in [1.29, 1.82) is 0 Å². The molecule has 2 unspecified atom stereocenters. The Morgan fingerprint density at radius 1 is 0.846 bits per heavy atom. The largest absolute Gasteiger partial charge is 0.470 e. The first-order valence-electron chi connectivity index (χ1n) is 8.84. The molecule has 2 aromatic heterocycles. The van der Waals surface area contributed by atoms with E-state index >= 15 is 0 Å². The third-order valence-corrected chi connectivity index (χ3v) is 5.32. The van der Waals surface area contributed by atoms with E-state index in [1.54, 1.807) is 6.20 Å². The zero-order chi connectivity index (χ0) is 17.1. The molecule has 1 aliphatic heterocycles. The molecule has 4 aromatic rings. The lowest BCUT2D eigenvalue weighted by Gasteiger charge is -2.09. The Hall–Kier alpha value is -3.27. The normalized spacial score (nSPS) is 20.7. The van der Waals surface area contributed by atoms with Crippen molar-refractivity contribution < 1.29 is 4.74 Å². The fourth-order valence-electron chi connectivity index (χ4n) is 4.07. The molecule has 3 heterocycles. The second-order valence-corrected chi connectivity index (χ2v) is 6.85. The van der Waals surface area contributed by atoms with E-state index in [1.807, 2.05) is 12.1 Å². The summed E-state index contributed by atoms with van der Waals surface area (Å²) in [7, 11) is 0. The number of nitrogens with zero attached hydrogens (tertiary/aromatic N) is 3. The fraction of sp³-hybridized carbons (Fsp3) is 0.136. The standard InChI is InChI=1S/C22H15N3O/c1-2-6-16-15(4-1)12-18-21(16)25-22(26-18)17-10-9-14-8-7-13-5-3-11-23-19(13)20(14)24-17/h1-11,18,21H,12H2. The van der Waals surface area contributed by atoms with Crippen LogP contribution in [-0.4, -0.2) is 22.0 Å². The Kier molecular flexibility index (Phi) is 2.75. The first-order valence-corrected chi connectivity index (χ1v) is 8.84. The third-order valence-electron chi connectivity index (χ3n) is 5.32. The van der Waals surface area contributed by atoms with Crippen molar-refractivity contribution in [3.8, 4) is 0 Å². The maximum Gasteiger partial charge on any atom is 0.236 e. The minimum absolute atomic E-state index is 0.0874. The zero-order valence-electron chi connectivity index (χ0n) is 14.0. The Morgan fingerprint density at radius 2 is 1.69 bits per heavy atom. The molecule has 4 nitrogen and oxygen atoms in total. The summed E-state index contributed by atoms with van der Waals surface area (Å²) in [6, 6.07) is 20.8. The average molecular weight is 337 g/mol. The Labute approximate surface area is 150 Å². The second kappa shape index (κ2) is 5.11. The van der Waals surface area contributed by atoms with E-state index in [2.05, 4.69) is 53.5 Å². The summed E-state index contributed by atoms with van der Waals surface area (Å²) in [5.41, 5.74) is 5.20. The molecule has 0 radical (unpaired) electrons. The van der Waals surface area contributed by atoms with E-state index < -0.39 is 0 Å². The van der Waals surface area contributed by atoms with E-state index in [0.29, 0.717) is 5.90 Å². The summed E-state index contributed by atoms with van der Waals surface area (Å²) >= 11 is 0. The van der Waals surface area contributed by atoms with Crippen LogP contribution in [0, 0.1) is 0 Å². The van der Waals surface area contributed by atoms with Gasteiger partial charge < -0.3 is 4.74 Å². The van der Waals surface area contributed by atoms with Crippen LogP contribution in [-0.2, 0) is 11.2 Å². The van der Waals surface area contributed by atoms with Gasteiger partial charge in [0.05, 0.1) is 11.0 Å². The Morgan fingerprint density at radius 3 is 2.65 bits per heavy atom. The molecule has 0 saturated heterocycles. The molecule has 0 amide bonds. The average Bonchev–Trinajstić information content (AvgIpc) is 3.25. The number of ether oxygens (including phenoxy) is 1. The molecule has 0 spiro atoms. The Balaban J connectivity index is 1.48. The van der Waals surface area contributed by atoms with Crippen LogP contribution >= 0.6 is 0 Å². The van der Waals surface area contributed by atoms with Gasteiger partial charge in [-0.1, -0.05) is 48.5 Å². The molecule has 0 saturated carbocycles. The zero-order valence-corrected chi connectivity index (χ0v) is 14.0. The van der Waals surface area contributed by atoms with Gasteiger partial charge in [0.2, 0.25) is 5.90 Å². The summed E-state index contributed by atoms with van der Waals surface area (Å²) in [4.78, 5) is 14.2. The van der Waals surface area contributed by atoms with Gasteiger partial charge in [-0.05, 0) is 23.3 Å². The molecule has 2 aromatic carbocycles. The predicted molar refractivity (Wildman–Crippen MR) is 101 cm³/mol. The third kappa shape index (κ3) is 1.93. The van der Waals surface area contributed by atoms with Gasteiger partial charge in [-0.2, -0.15) is 0 Å². The van der Waals surface area contributed by atoms with Crippen molar-refractivity contribution in [2.75, 3.05) is 0 Å². The van der Waals surface area contributed by atoms with Crippen molar-refractivity contribution in [2.45, 2.75) is 18.6 Å². The fourth-order valence-corrected chi connectivity index (χ4v) is 4.07. The summed E-state index contributed by atoms with van der Waals surface area (Å²) in [5.74, 6) is 0.643. The number of rotatable bonds is 1. The lowest BCUT2D eigenvalue weighted by Crippen LogP contribution is -2.14. The van der Waals surface area contributed by atoms with Crippen LogP contribution in [0.5, 0.6) is 0 Å². The molecule has 0 fully saturated rings. The topological polar surface area (TPSA) is 47.4 Å². The molecular formula is C22H15N3O. The molecule has 1 aliphatic carbocycles. The summed E-state index contributed by atoms with van der Waals surface area (Å²) < 4.78 is 6.18. The Bertz CT molecular complexity index is 1210. The minimum atomic E-state index is 0.0874. The van der Waals surface area contributed by atoms with Crippen LogP contribution in [0.3, 0.4) is 0 Å². The first kappa shape index (κ1) is 14.0. The summed E-state index contributed by atoms with van der Waals surface area (Å²) in [6.45, 7) is 0. The lowest BCUT2D eigenvalue weighted by atomic mass is 10.1. The molecule has 6 rings (SSSR count). The molecule has 2 atom stereocenters. The summed E-state index contributed by atoms with van der Waals surface area (Å²) in [6.07, 6.45) is 2.80. The van der Waals surface area contributed by atoms with Crippen LogP contribution in [0.1, 0.15) is 22.9 Å². The second-order valence-electron chi connectivity index (χ2n) is 6.85. The van der Waals surface area contributed by atoms with Crippen LogP contribution in [0.4, 0.5) is 0 Å². The predicted octanol–water partition coefficient (Wildman–Crippen LogP) is 4.23. The number of pyridine rings is 2. The van der Waals surface area contributed by atoms with Crippen LogP contribution < -0.4 is 0 Å². The van der Waals surface area contributed by atoms with Crippen molar-refractivity contribution in [2.24, 2.45) is 4.99 Å². The van der Waals surface area contributed by atoms with Crippen LogP contribution in [0.15, 0.2) is 71.9 Å². The van der Waals surface area contributed by atoms with Crippen molar-refractivity contribution in [3.05, 3.63) is 83.7 Å². The smallest absolute Gasteiger partial charge is 0.236 e. The van der Waals surface area contributed by atoms with Gasteiger partial charge >= 0.3 is 0 Å². The van der Waals surface area contributed by atoms with Crippen molar-refractivity contribution >= 4 is 27.7 Å². The number of benzene rings is 2. The molecule has 0 bridgehead atoms. The van der Waals surface area contributed by atoms with E-state index in [1.165, 1.54) is 11.1 Å². The van der Waals surface area contributed by atoms with Gasteiger partial charge in [-0.15, -0.1) is 0 Å². The molecule has 2 aliphatic rings. The minimum Gasteiger partial charge on any atom is -0.470 e.